The van der Waals surface area contributed by atoms with Gasteiger partial charge in [-0.15, -0.1) is 0 Å². The van der Waals surface area contributed by atoms with Gasteiger partial charge in [-0.2, -0.15) is 0 Å². The lowest BCUT2D eigenvalue weighted by atomic mass is 9.49. The molecule has 17 heavy (non-hydrogen) atoms. The van der Waals surface area contributed by atoms with Crippen molar-refractivity contribution in [1.82, 2.24) is 5.32 Å². The molecule has 98 valence electrons. The van der Waals surface area contributed by atoms with E-state index in [9.17, 15) is 0 Å². The van der Waals surface area contributed by atoms with Crippen LogP contribution in [-0.4, -0.2) is 26.8 Å². The van der Waals surface area contributed by atoms with E-state index in [0.29, 0.717) is 0 Å². The normalized spacial score (nSPS) is 43.2. The fraction of sp³-hybridized carbons (Fsp3) is 1.00. The van der Waals surface area contributed by atoms with Gasteiger partial charge in [-0.1, -0.05) is 0 Å². The summed E-state index contributed by atoms with van der Waals surface area (Å²) in [7, 11) is 1.78. The number of hydrogen-bond acceptors (Lipinski definition) is 2. The van der Waals surface area contributed by atoms with E-state index in [-0.39, 0.29) is 0 Å². The van der Waals surface area contributed by atoms with Crippen molar-refractivity contribution in [3.8, 4) is 0 Å². The van der Waals surface area contributed by atoms with Crippen LogP contribution in [0.3, 0.4) is 0 Å². The molecule has 0 aromatic carbocycles. The average Bonchev–Trinajstić information content (AvgIpc) is 2.26. The lowest BCUT2D eigenvalue weighted by Crippen LogP contribution is -2.47. The molecule has 4 rings (SSSR count). The Balaban J connectivity index is 1.49. The molecule has 0 saturated heterocycles. The van der Waals surface area contributed by atoms with Crippen LogP contribution >= 0.6 is 0 Å². The topological polar surface area (TPSA) is 21.3 Å². The fourth-order valence-electron chi connectivity index (χ4n) is 5.25. The van der Waals surface area contributed by atoms with Gasteiger partial charge in [0.15, 0.2) is 0 Å². The molecule has 2 heteroatoms. The van der Waals surface area contributed by atoms with Crippen LogP contribution in [0.2, 0.25) is 0 Å². The van der Waals surface area contributed by atoms with Crippen LogP contribution in [-0.2, 0) is 4.74 Å². The molecule has 0 radical (unpaired) electrons. The van der Waals surface area contributed by atoms with Crippen molar-refractivity contribution in [3.63, 3.8) is 0 Å². The summed E-state index contributed by atoms with van der Waals surface area (Å²) in [5.41, 5.74) is 0.745. The third-order valence-electron chi connectivity index (χ3n) is 5.48. The van der Waals surface area contributed by atoms with Gasteiger partial charge in [-0.25, -0.2) is 0 Å². The van der Waals surface area contributed by atoms with E-state index in [1.807, 2.05) is 0 Å². The van der Waals surface area contributed by atoms with Crippen LogP contribution in [0.1, 0.15) is 44.9 Å². The molecule has 0 aliphatic heterocycles. The third kappa shape index (κ3) is 2.53. The van der Waals surface area contributed by atoms with Crippen LogP contribution in [0.25, 0.3) is 0 Å². The van der Waals surface area contributed by atoms with Crippen molar-refractivity contribution in [2.45, 2.75) is 44.9 Å². The van der Waals surface area contributed by atoms with E-state index in [1.165, 1.54) is 13.0 Å². The van der Waals surface area contributed by atoms with Crippen molar-refractivity contribution in [1.29, 1.82) is 0 Å². The Bertz CT molecular complexity index is 228. The lowest BCUT2D eigenvalue weighted by molar-refractivity contribution is -0.0568. The number of hydrogen-bond donors (Lipinski definition) is 1. The molecule has 4 saturated carbocycles. The van der Waals surface area contributed by atoms with E-state index in [0.717, 1.165) is 36.3 Å². The number of ether oxygens (including phenoxy) is 1. The van der Waals surface area contributed by atoms with Gasteiger partial charge in [0.05, 0.1) is 6.61 Å². The molecule has 0 amide bonds. The van der Waals surface area contributed by atoms with Gasteiger partial charge in [0.25, 0.3) is 0 Å². The molecule has 1 N–H and O–H groups in total. The van der Waals surface area contributed by atoms with Crippen molar-refractivity contribution in [2.24, 2.45) is 23.2 Å². The Morgan fingerprint density at radius 2 is 1.59 bits per heavy atom. The minimum atomic E-state index is 0.745. The zero-order valence-electron chi connectivity index (χ0n) is 11.2. The summed E-state index contributed by atoms with van der Waals surface area (Å²) in [6.45, 7) is 3.07. The Morgan fingerprint density at radius 3 is 2.12 bits per heavy atom. The highest BCUT2D eigenvalue weighted by molar-refractivity contribution is 5.01. The smallest absolute Gasteiger partial charge is 0.0587 e. The second-order valence-electron chi connectivity index (χ2n) is 6.91. The van der Waals surface area contributed by atoms with Crippen LogP contribution in [0.5, 0.6) is 0 Å². The number of rotatable bonds is 6. The molecule has 4 bridgehead atoms. The molecule has 0 atom stereocenters. The Kier molecular flexibility index (Phi) is 3.45. The Morgan fingerprint density at radius 1 is 1.00 bits per heavy atom. The molecular weight excluding hydrogens is 210 g/mol. The van der Waals surface area contributed by atoms with Gasteiger partial charge >= 0.3 is 0 Å². The van der Waals surface area contributed by atoms with Crippen molar-refractivity contribution >= 4 is 0 Å². The predicted molar refractivity (Wildman–Crippen MR) is 70.0 cm³/mol. The van der Waals surface area contributed by atoms with E-state index < -0.39 is 0 Å². The Hall–Kier alpha value is -0.0800. The summed E-state index contributed by atoms with van der Waals surface area (Å²) in [6.07, 6.45) is 10.8. The molecule has 0 spiro atoms. The van der Waals surface area contributed by atoms with Gasteiger partial charge in [0.1, 0.15) is 0 Å². The molecular formula is C15H27NO. The number of nitrogens with one attached hydrogen (secondary N) is 1. The zero-order valence-corrected chi connectivity index (χ0v) is 11.2. The average molecular weight is 237 g/mol. The minimum absolute atomic E-state index is 0.745. The van der Waals surface area contributed by atoms with Gasteiger partial charge in [0.2, 0.25) is 0 Å². The monoisotopic (exact) mass is 237 g/mol. The van der Waals surface area contributed by atoms with Crippen LogP contribution in [0, 0.1) is 23.2 Å². The molecule has 0 heterocycles. The lowest BCUT2D eigenvalue weighted by Gasteiger charge is -2.57. The van der Waals surface area contributed by atoms with Crippen molar-refractivity contribution in [2.75, 3.05) is 26.8 Å². The van der Waals surface area contributed by atoms with Crippen LogP contribution in [0.4, 0.5) is 0 Å². The van der Waals surface area contributed by atoms with Gasteiger partial charge in [-0.05, 0) is 74.7 Å². The summed E-state index contributed by atoms with van der Waals surface area (Å²) < 4.78 is 5.08. The summed E-state index contributed by atoms with van der Waals surface area (Å²) in [6, 6.07) is 0. The first kappa shape index (κ1) is 12.0. The first-order chi connectivity index (χ1) is 8.30. The molecule has 4 aliphatic carbocycles. The predicted octanol–water partition coefficient (Wildman–Crippen LogP) is 2.83. The van der Waals surface area contributed by atoms with Gasteiger partial charge in [-0.3, -0.25) is 0 Å². The molecule has 0 aromatic heterocycles. The highest BCUT2D eigenvalue weighted by Crippen LogP contribution is 2.61. The highest BCUT2D eigenvalue weighted by Gasteiger charge is 2.50. The van der Waals surface area contributed by atoms with Crippen LogP contribution in [0.15, 0.2) is 0 Å². The number of methoxy groups -OCH3 is 1. The third-order valence-corrected chi connectivity index (χ3v) is 5.48. The second kappa shape index (κ2) is 4.89. The van der Waals surface area contributed by atoms with E-state index >= 15 is 0 Å². The van der Waals surface area contributed by atoms with E-state index in [1.54, 1.807) is 45.6 Å². The van der Waals surface area contributed by atoms with Gasteiger partial charge in [0, 0.05) is 13.7 Å². The SMILES string of the molecule is COCCNCCC12CC3CC(CC(C3)C1)C2. The van der Waals surface area contributed by atoms with Crippen LogP contribution < -0.4 is 5.32 Å². The fourth-order valence-corrected chi connectivity index (χ4v) is 5.25. The van der Waals surface area contributed by atoms with E-state index in [2.05, 4.69) is 5.32 Å². The molecule has 4 fully saturated rings. The summed E-state index contributed by atoms with van der Waals surface area (Å²) >= 11 is 0. The zero-order chi connectivity index (χ0) is 11.7. The highest BCUT2D eigenvalue weighted by atomic mass is 16.5. The summed E-state index contributed by atoms with van der Waals surface area (Å²) in [4.78, 5) is 0. The molecule has 4 aliphatic rings. The standard InChI is InChI=1S/C15H27NO/c1-17-5-4-16-3-2-15-9-12-6-13(10-15)8-14(7-12)11-15/h12-14,16H,2-11H2,1H3. The first-order valence-electron chi connectivity index (χ1n) is 7.49. The minimum Gasteiger partial charge on any atom is -0.383 e. The molecule has 0 aromatic rings. The van der Waals surface area contributed by atoms with Crippen molar-refractivity contribution < 1.29 is 4.74 Å². The quantitative estimate of drug-likeness (QED) is 0.717. The maximum Gasteiger partial charge on any atom is 0.0587 e. The summed E-state index contributed by atoms with van der Waals surface area (Å²) in [5.74, 6) is 3.29. The molecule has 2 nitrogen and oxygen atoms in total. The second-order valence-corrected chi connectivity index (χ2v) is 6.91. The first-order valence-corrected chi connectivity index (χ1v) is 7.49. The van der Waals surface area contributed by atoms with Gasteiger partial charge < -0.3 is 10.1 Å². The van der Waals surface area contributed by atoms with E-state index in [4.69, 9.17) is 4.74 Å². The van der Waals surface area contributed by atoms with Crippen molar-refractivity contribution in [3.05, 3.63) is 0 Å². The maximum absolute atomic E-state index is 5.08. The maximum atomic E-state index is 5.08. The molecule has 0 unspecified atom stereocenters. The Labute approximate surface area is 105 Å². The largest absolute Gasteiger partial charge is 0.383 e. The summed E-state index contributed by atoms with van der Waals surface area (Å²) in [5, 5.41) is 3.54.